The first-order chi connectivity index (χ1) is 14.6. The zero-order valence-electron chi connectivity index (χ0n) is 16.5. The smallest absolute Gasteiger partial charge is 0.338 e. The van der Waals surface area contributed by atoms with Crippen molar-refractivity contribution < 1.29 is 9.59 Å². The van der Waals surface area contributed by atoms with E-state index in [-0.39, 0.29) is 5.69 Å². The number of carbonyl (C=O) groups excluding carboxylic acids is 2. The molecular formula is C21H23N5O3S. The summed E-state index contributed by atoms with van der Waals surface area (Å²) in [7, 11) is 0. The largest absolute Gasteiger partial charge is 0.343 e. The van der Waals surface area contributed by atoms with E-state index in [1.807, 2.05) is 48.5 Å². The molecule has 3 rings (SSSR count). The minimum Gasteiger partial charge on any atom is -0.338 e. The Bertz CT molecular complexity index is 1030. The lowest BCUT2D eigenvalue weighted by Gasteiger charge is -2.16. The number of aromatic nitrogens is 3. The van der Waals surface area contributed by atoms with Crippen molar-refractivity contribution in [3.63, 3.8) is 0 Å². The highest BCUT2D eigenvalue weighted by atomic mass is 32.2. The number of hydrogen-bond acceptors (Lipinski definition) is 5. The Hall–Kier alpha value is -3.33. The molecule has 1 atom stereocenters. The molecule has 1 unspecified atom stereocenters. The van der Waals surface area contributed by atoms with E-state index in [2.05, 4.69) is 20.8 Å². The molecule has 1 heterocycles. The molecule has 0 radical (unpaired) electrons. The predicted octanol–water partition coefficient (Wildman–Crippen LogP) is 2.49. The van der Waals surface area contributed by atoms with Crippen LogP contribution >= 0.6 is 11.8 Å². The van der Waals surface area contributed by atoms with Gasteiger partial charge in [0, 0.05) is 13.1 Å². The highest BCUT2D eigenvalue weighted by Crippen LogP contribution is 2.33. The second-order valence-electron chi connectivity index (χ2n) is 6.46. The van der Waals surface area contributed by atoms with E-state index < -0.39 is 17.2 Å². The van der Waals surface area contributed by atoms with Gasteiger partial charge in [0.2, 0.25) is 5.91 Å². The SMILES string of the molecule is CCNC(=O)NC(=O)C(Sc1n[nH]c(=O)n1CCc1ccccc1)c1ccccc1. The molecule has 0 spiro atoms. The van der Waals surface area contributed by atoms with Crippen molar-refractivity contribution in [1.82, 2.24) is 25.4 Å². The third-order valence-electron chi connectivity index (χ3n) is 4.33. The monoisotopic (exact) mass is 425 g/mol. The predicted molar refractivity (Wildman–Crippen MR) is 115 cm³/mol. The fraction of sp³-hybridized carbons (Fsp3) is 0.238. The molecule has 0 fully saturated rings. The zero-order valence-corrected chi connectivity index (χ0v) is 17.3. The van der Waals surface area contributed by atoms with Gasteiger partial charge in [-0.25, -0.2) is 14.7 Å². The van der Waals surface area contributed by atoms with Crippen LogP contribution in [0.15, 0.2) is 70.6 Å². The molecule has 8 nitrogen and oxygen atoms in total. The van der Waals surface area contributed by atoms with Crippen LogP contribution in [0.3, 0.4) is 0 Å². The lowest BCUT2D eigenvalue weighted by atomic mass is 10.1. The third-order valence-corrected chi connectivity index (χ3v) is 5.57. The first-order valence-electron chi connectivity index (χ1n) is 9.58. The summed E-state index contributed by atoms with van der Waals surface area (Å²) in [6.45, 7) is 2.59. The van der Waals surface area contributed by atoms with Crippen LogP contribution in [0.25, 0.3) is 0 Å². The van der Waals surface area contributed by atoms with Crippen molar-refractivity contribution in [3.05, 3.63) is 82.3 Å². The van der Waals surface area contributed by atoms with Gasteiger partial charge in [-0.05, 0) is 24.5 Å². The minimum atomic E-state index is -0.750. The van der Waals surface area contributed by atoms with Gasteiger partial charge in [0.05, 0.1) is 0 Å². The molecule has 0 aliphatic rings. The molecule has 156 valence electrons. The fourth-order valence-corrected chi connectivity index (χ4v) is 3.93. The number of hydrogen-bond donors (Lipinski definition) is 3. The molecule has 9 heteroatoms. The molecule has 3 aromatic rings. The maximum atomic E-state index is 12.8. The van der Waals surface area contributed by atoms with Gasteiger partial charge in [0.25, 0.3) is 0 Å². The zero-order chi connectivity index (χ0) is 21.3. The van der Waals surface area contributed by atoms with Gasteiger partial charge in [-0.3, -0.25) is 14.7 Å². The highest BCUT2D eigenvalue weighted by Gasteiger charge is 2.26. The number of carbonyl (C=O) groups is 2. The van der Waals surface area contributed by atoms with Crippen molar-refractivity contribution in [3.8, 4) is 0 Å². The Kier molecular flexibility index (Phi) is 7.45. The molecule has 0 saturated heterocycles. The lowest BCUT2D eigenvalue weighted by Crippen LogP contribution is -2.41. The average Bonchev–Trinajstić information content (AvgIpc) is 3.11. The minimum absolute atomic E-state index is 0.343. The highest BCUT2D eigenvalue weighted by molar-refractivity contribution is 8.00. The summed E-state index contributed by atoms with van der Waals surface area (Å²) in [6.07, 6.45) is 0.648. The van der Waals surface area contributed by atoms with Crippen LogP contribution in [-0.4, -0.2) is 33.2 Å². The molecule has 0 bridgehead atoms. The van der Waals surface area contributed by atoms with Crippen molar-refractivity contribution >= 4 is 23.7 Å². The molecule has 0 aliphatic heterocycles. The van der Waals surface area contributed by atoms with Gasteiger partial charge in [-0.2, -0.15) is 0 Å². The van der Waals surface area contributed by atoms with Crippen LogP contribution in [0.5, 0.6) is 0 Å². The average molecular weight is 426 g/mol. The van der Waals surface area contributed by atoms with Gasteiger partial charge >= 0.3 is 11.7 Å². The van der Waals surface area contributed by atoms with E-state index in [0.717, 1.165) is 17.3 Å². The van der Waals surface area contributed by atoms with Crippen LogP contribution in [0.2, 0.25) is 0 Å². The second kappa shape index (κ2) is 10.4. The summed E-state index contributed by atoms with van der Waals surface area (Å²) in [5, 5.41) is 11.1. The standard InChI is InChI=1S/C21H23N5O3S/c1-2-22-19(28)23-18(27)17(16-11-7-4-8-12-16)30-21-25-24-20(29)26(21)14-13-15-9-5-3-6-10-15/h3-12,17H,2,13-14H2,1H3,(H,24,29)(H2,22,23,27,28). The van der Waals surface area contributed by atoms with E-state index >= 15 is 0 Å². The number of aromatic amines is 1. The summed E-state index contributed by atoms with van der Waals surface area (Å²) in [5.74, 6) is -0.484. The number of nitrogens with one attached hydrogen (secondary N) is 3. The number of H-pyrrole nitrogens is 1. The van der Waals surface area contributed by atoms with Crippen LogP contribution in [-0.2, 0) is 17.8 Å². The van der Waals surface area contributed by atoms with Gasteiger partial charge in [-0.1, -0.05) is 72.4 Å². The van der Waals surface area contributed by atoms with Crippen molar-refractivity contribution in [2.24, 2.45) is 0 Å². The molecule has 3 N–H and O–H groups in total. The van der Waals surface area contributed by atoms with Crippen LogP contribution in [0.4, 0.5) is 4.79 Å². The first kappa shape index (κ1) is 21.4. The number of thioether (sulfide) groups is 1. The number of imide groups is 1. The van der Waals surface area contributed by atoms with E-state index in [0.29, 0.717) is 30.2 Å². The van der Waals surface area contributed by atoms with Gasteiger partial charge in [0.15, 0.2) is 5.16 Å². The molecule has 0 aliphatic carbocycles. The molecule has 1 aromatic heterocycles. The Morgan fingerprint density at radius 2 is 1.77 bits per heavy atom. The topological polar surface area (TPSA) is 109 Å². The first-order valence-corrected chi connectivity index (χ1v) is 10.5. The van der Waals surface area contributed by atoms with E-state index in [1.165, 1.54) is 4.57 Å². The summed E-state index contributed by atoms with van der Waals surface area (Å²) >= 11 is 1.12. The van der Waals surface area contributed by atoms with Crippen molar-refractivity contribution in [1.29, 1.82) is 0 Å². The summed E-state index contributed by atoms with van der Waals surface area (Å²) in [6, 6.07) is 18.3. The van der Waals surface area contributed by atoms with E-state index in [1.54, 1.807) is 19.1 Å². The Morgan fingerprint density at radius 1 is 1.10 bits per heavy atom. The maximum absolute atomic E-state index is 12.8. The number of nitrogens with zero attached hydrogens (tertiary/aromatic N) is 2. The van der Waals surface area contributed by atoms with Crippen LogP contribution < -0.4 is 16.3 Å². The van der Waals surface area contributed by atoms with Crippen molar-refractivity contribution in [2.45, 2.75) is 30.3 Å². The van der Waals surface area contributed by atoms with Crippen LogP contribution in [0.1, 0.15) is 23.3 Å². The number of rotatable bonds is 8. The molecule has 0 saturated carbocycles. The molecule has 30 heavy (non-hydrogen) atoms. The van der Waals surface area contributed by atoms with Crippen LogP contribution in [0, 0.1) is 0 Å². The fourth-order valence-electron chi connectivity index (χ4n) is 2.86. The third kappa shape index (κ3) is 5.60. The van der Waals surface area contributed by atoms with Gasteiger partial charge in [-0.15, -0.1) is 5.10 Å². The number of urea groups is 1. The van der Waals surface area contributed by atoms with Gasteiger partial charge < -0.3 is 5.32 Å². The Morgan fingerprint density at radius 3 is 2.43 bits per heavy atom. The normalized spacial score (nSPS) is 11.6. The second-order valence-corrected chi connectivity index (χ2v) is 7.53. The molecular weight excluding hydrogens is 402 g/mol. The van der Waals surface area contributed by atoms with E-state index in [4.69, 9.17) is 0 Å². The molecule has 3 amide bonds. The van der Waals surface area contributed by atoms with Gasteiger partial charge in [0.1, 0.15) is 5.25 Å². The Balaban J connectivity index is 1.81. The number of amides is 3. The molecule has 2 aromatic carbocycles. The van der Waals surface area contributed by atoms with Crippen molar-refractivity contribution in [2.75, 3.05) is 6.54 Å². The van der Waals surface area contributed by atoms with E-state index in [9.17, 15) is 14.4 Å². The quantitative estimate of drug-likeness (QED) is 0.481. The Labute approximate surface area is 178 Å². The number of benzene rings is 2. The summed E-state index contributed by atoms with van der Waals surface area (Å²) in [5.41, 5.74) is 1.45. The number of aryl methyl sites for hydroxylation is 1. The maximum Gasteiger partial charge on any atom is 0.343 e. The lowest BCUT2D eigenvalue weighted by molar-refractivity contribution is -0.119. The summed E-state index contributed by atoms with van der Waals surface area (Å²) in [4.78, 5) is 36.9. The summed E-state index contributed by atoms with van der Waals surface area (Å²) < 4.78 is 1.51.